The molecule has 0 saturated heterocycles. The van der Waals surface area contributed by atoms with Crippen molar-refractivity contribution >= 4 is 11.6 Å². The van der Waals surface area contributed by atoms with E-state index in [0.717, 1.165) is 0 Å². The fourth-order valence-electron chi connectivity index (χ4n) is 0.524. The highest BCUT2D eigenvalue weighted by Crippen LogP contribution is 2.13. The Kier molecular flexibility index (Phi) is 6.51. The monoisotopic (exact) mass is 205 g/mol. The molecule has 2 nitrogen and oxygen atoms in total. The van der Waals surface area contributed by atoms with Gasteiger partial charge < -0.3 is 10.1 Å². The van der Waals surface area contributed by atoms with Crippen LogP contribution in [0.4, 0.5) is 13.2 Å². The number of rotatable bonds is 6. The van der Waals surface area contributed by atoms with Crippen LogP contribution in [0.5, 0.6) is 0 Å². The van der Waals surface area contributed by atoms with Gasteiger partial charge in [0.05, 0.1) is 6.61 Å². The van der Waals surface area contributed by atoms with Gasteiger partial charge in [-0.1, -0.05) is 0 Å². The van der Waals surface area contributed by atoms with Gasteiger partial charge in [0.25, 0.3) is 0 Å². The Bertz CT molecular complexity index is 109. The Morgan fingerprint density at radius 1 is 1.25 bits per heavy atom. The zero-order chi connectivity index (χ0) is 9.45. The van der Waals surface area contributed by atoms with Crippen molar-refractivity contribution in [1.29, 1.82) is 0 Å². The first-order valence-electron chi connectivity index (χ1n) is 3.47. The molecule has 0 radical (unpaired) electrons. The summed E-state index contributed by atoms with van der Waals surface area (Å²) >= 11 is 5.30. The van der Waals surface area contributed by atoms with Crippen LogP contribution in [0.15, 0.2) is 0 Å². The van der Waals surface area contributed by atoms with Crippen LogP contribution in [-0.2, 0) is 4.74 Å². The molecule has 0 spiro atoms. The number of halogens is 4. The standard InChI is InChI=1S/C6H11ClF3NO/c7-1-2-11-3-4-12-5-6(8,9)10/h11H,1-5H2. The highest BCUT2D eigenvalue weighted by molar-refractivity contribution is 6.18. The van der Waals surface area contributed by atoms with E-state index in [0.29, 0.717) is 19.0 Å². The molecule has 0 fully saturated rings. The van der Waals surface area contributed by atoms with Crippen molar-refractivity contribution in [1.82, 2.24) is 5.32 Å². The molecule has 74 valence electrons. The number of nitrogens with one attached hydrogen (secondary N) is 1. The fraction of sp³-hybridized carbons (Fsp3) is 1.00. The van der Waals surface area contributed by atoms with E-state index < -0.39 is 12.8 Å². The normalized spacial score (nSPS) is 12.0. The Balaban J connectivity index is 3.01. The number of alkyl halides is 4. The Morgan fingerprint density at radius 3 is 2.42 bits per heavy atom. The highest BCUT2D eigenvalue weighted by Gasteiger charge is 2.26. The van der Waals surface area contributed by atoms with E-state index in [9.17, 15) is 13.2 Å². The number of hydrogen-bond acceptors (Lipinski definition) is 2. The minimum Gasteiger partial charge on any atom is -0.371 e. The lowest BCUT2D eigenvalue weighted by Crippen LogP contribution is -2.25. The first-order chi connectivity index (χ1) is 5.56. The molecule has 0 aromatic heterocycles. The highest BCUT2D eigenvalue weighted by atomic mass is 35.5. The third kappa shape index (κ3) is 10.0. The van der Waals surface area contributed by atoms with Gasteiger partial charge in [0.2, 0.25) is 0 Å². The summed E-state index contributed by atoms with van der Waals surface area (Å²) in [6, 6.07) is 0. The molecule has 12 heavy (non-hydrogen) atoms. The second-order valence-electron chi connectivity index (χ2n) is 2.11. The van der Waals surface area contributed by atoms with Gasteiger partial charge in [-0.2, -0.15) is 13.2 Å². The predicted octanol–water partition coefficient (Wildman–Crippen LogP) is 1.39. The lowest BCUT2D eigenvalue weighted by atomic mass is 10.6. The van der Waals surface area contributed by atoms with Gasteiger partial charge in [-0.25, -0.2) is 0 Å². The van der Waals surface area contributed by atoms with Crippen molar-refractivity contribution < 1.29 is 17.9 Å². The van der Waals surface area contributed by atoms with Gasteiger partial charge in [0.15, 0.2) is 0 Å². The molecule has 0 atom stereocenters. The zero-order valence-corrected chi connectivity index (χ0v) is 7.21. The van der Waals surface area contributed by atoms with E-state index in [1.165, 1.54) is 0 Å². The van der Waals surface area contributed by atoms with Crippen molar-refractivity contribution in [2.24, 2.45) is 0 Å². The summed E-state index contributed by atoms with van der Waals surface area (Å²) in [4.78, 5) is 0. The summed E-state index contributed by atoms with van der Waals surface area (Å²) in [5, 5.41) is 2.80. The summed E-state index contributed by atoms with van der Waals surface area (Å²) < 4.78 is 38.7. The number of ether oxygens (including phenoxy) is 1. The van der Waals surface area contributed by atoms with Crippen LogP contribution in [0.3, 0.4) is 0 Å². The van der Waals surface area contributed by atoms with Crippen LogP contribution in [0.2, 0.25) is 0 Å². The van der Waals surface area contributed by atoms with Gasteiger partial charge >= 0.3 is 6.18 Å². The quantitative estimate of drug-likeness (QED) is 0.523. The van der Waals surface area contributed by atoms with E-state index in [1.807, 2.05) is 0 Å². The average molecular weight is 206 g/mol. The van der Waals surface area contributed by atoms with E-state index in [2.05, 4.69) is 10.1 Å². The van der Waals surface area contributed by atoms with Crippen LogP contribution in [-0.4, -0.2) is 38.4 Å². The smallest absolute Gasteiger partial charge is 0.371 e. The molecule has 0 aromatic carbocycles. The van der Waals surface area contributed by atoms with Crippen LogP contribution < -0.4 is 5.32 Å². The maximum atomic E-state index is 11.5. The minimum atomic E-state index is -4.23. The molecule has 0 aromatic rings. The molecular weight excluding hydrogens is 195 g/mol. The Labute approximate surface area is 74.0 Å². The summed E-state index contributed by atoms with van der Waals surface area (Å²) in [5.74, 6) is 0.444. The molecule has 0 aliphatic rings. The van der Waals surface area contributed by atoms with E-state index in [-0.39, 0.29) is 6.61 Å². The van der Waals surface area contributed by atoms with E-state index in [4.69, 9.17) is 11.6 Å². The fourth-order valence-corrected chi connectivity index (χ4v) is 0.658. The molecule has 0 rings (SSSR count). The maximum absolute atomic E-state index is 11.5. The van der Waals surface area contributed by atoms with E-state index >= 15 is 0 Å². The largest absolute Gasteiger partial charge is 0.411 e. The third-order valence-corrected chi connectivity index (χ3v) is 1.15. The molecule has 0 amide bonds. The Hall–Kier alpha value is 0. The minimum absolute atomic E-state index is 0.0520. The van der Waals surface area contributed by atoms with Crippen molar-refractivity contribution in [3.8, 4) is 0 Å². The lowest BCUT2D eigenvalue weighted by Gasteiger charge is -2.07. The van der Waals surface area contributed by atoms with Gasteiger partial charge in [0, 0.05) is 19.0 Å². The topological polar surface area (TPSA) is 21.3 Å². The van der Waals surface area contributed by atoms with Crippen molar-refractivity contribution in [2.75, 3.05) is 32.2 Å². The molecule has 0 unspecified atom stereocenters. The molecule has 0 bridgehead atoms. The number of hydrogen-bond donors (Lipinski definition) is 1. The summed E-state index contributed by atoms with van der Waals surface area (Å²) in [6.45, 7) is -0.161. The molecule has 0 aliphatic carbocycles. The zero-order valence-electron chi connectivity index (χ0n) is 6.46. The lowest BCUT2D eigenvalue weighted by molar-refractivity contribution is -0.173. The van der Waals surface area contributed by atoms with Gasteiger partial charge in [-0.15, -0.1) is 11.6 Å². The van der Waals surface area contributed by atoms with Crippen LogP contribution in [0.25, 0.3) is 0 Å². The summed E-state index contributed by atoms with van der Waals surface area (Å²) in [5.41, 5.74) is 0. The van der Waals surface area contributed by atoms with Gasteiger partial charge in [-0.05, 0) is 0 Å². The van der Waals surface area contributed by atoms with E-state index in [1.54, 1.807) is 0 Å². The second-order valence-corrected chi connectivity index (χ2v) is 2.48. The molecule has 6 heteroatoms. The van der Waals surface area contributed by atoms with Crippen LogP contribution in [0.1, 0.15) is 0 Å². The average Bonchev–Trinajstić information content (AvgIpc) is 1.94. The van der Waals surface area contributed by atoms with Gasteiger partial charge in [-0.3, -0.25) is 0 Å². The maximum Gasteiger partial charge on any atom is 0.411 e. The SMILES string of the molecule is FC(F)(F)COCCNCCCl. The first kappa shape index (κ1) is 12.0. The van der Waals surface area contributed by atoms with Crippen molar-refractivity contribution in [3.05, 3.63) is 0 Å². The second kappa shape index (κ2) is 6.51. The predicted molar refractivity (Wildman–Crippen MR) is 40.5 cm³/mol. The van der Waals surface area contributed by atoms with Gasteiger partial charge in [0.1, 0.15) is 6.61 Å². The third-order valence-electron chi connectivity index (χ3n) is 0.960. The Morgan fingerprint density at radius 2 is 1.92 bits per heavy atom. The molecule has 1 N–H and O–H groups in total. The molecular formula is C6H11ClF3NO. The van der Waals surface area contributed by atoms with Crippen molar-refractivity contribution in [3.63, 3.8) is 0 Å². The molecule has 0 saturated carbocycles. The first-order valence-corrected chi connectivity index (χ1v) is 4.01. The van der Waals surface area contributed by atoms with Crippen molar-refractivity contribution in [2.45, 2.75) is 6.18 Å². The summed E-state index contributed by atoms with van der Waals surface area (Å²) in [7, 11) is 0. The van der Waals surface area contributed by atoms with Crippen LogP contribution >= 0.6 is 11.6 Å². The molecule has 0 aliphatic heterocycles. The van der Waals surface area contributed by atoms with Crippen LogP contribution in [0, 0.1) is 0 Å². The summed E-state index contributed by atoms with van der Waals surface area (Å²) in [6.07, 6.45) is -4.23. The molecule has 0 heterocycles.